The molecule has 3 aliphatic rings. The zero-order chi connectivity index (χ0) is 29.9. The molecule has 1 saturated carbocycles. The first-order valence-corrected chi connectivity index (χ1v) is 13.5. The number of fused-ring (bicyclic) bond motifs is 1. The Kier molecular flexibility index (Phi) is 7.74. The van der Waals surface area contributed by atoms with E-state index in [1.807, 2.05) is 0 Å². The van der Waals surface area contributed by atoms with E-state index >= 15 is 0 Å². The summed E-state index contributed by atoms with van der Waals surface area (Å²) in [6, 6.07) is 5.73. The number of likely N-dealkylation sites (tertiary alicyclic amines) is 1. The lowest BCUT2D eigenvalue weighted by molar-refractivity contribution is -0.143. The lowest BCUT2D eigenvalue weighted by atomic mass is 9.68. The third-order valence-electron chi connectivity index (χ3n) is 8.68. The maximum absolute atomic E-state index is 14.0. The van der Waals surface area contributed by atoms with Crippen LogP contribution in [0.4, 0.5) is 30.7 Å². The van der Waals surface area contributed by atoms with Gasteiger partial charge < -0.3 is 14.7 Å². The average molecular weight is 586 g/mol. The van der Waals surface area contributed by atoms with Gasteiger partial charge in [-0.2, -0.15) is 26.3 Å². The van der Waals surface area contributed by atoms with E-state index in [1.165, 1.54) is 25.1 Å². The van der Waals surface area contributed by atoms with Crippen LogP contribution >= 0.6 is 0 Å². The van der Waals surface area contributed by atoms with Gasteiger partial charge in [-0.25, -0.2) is 4.39 Å². The highest BCUT2D eigenvalue weighted by Crippen LogP contribution is 2.51. The third kappa shape index (κ3) is 5.88. The van der Waals surface area contributed by atoms with Gasteiger partial charge in [0, 0.05) is 36.6 Å². The largest absolute Gasteiger partial charge is 0.416 e. The Balaban J connectivity index is 1.50. The van der Waals surface area contributed by atoms with Gasteiger partial charge in [-0.1, -0.05) is 6.07 Å². The highest BCUT2D eigenvalue weighted by Gasteiger charge is 2.51. The maximum atomic E-state index is 14.0. The number of halogens is 7. The minimum absolute atomic E-state index is 0.0256. The van der Waals surface area contributed by atoms with Crippen molar-refractivity contribution in [2.75, 3.05) is 6.54 Å². The number of allylic oxidation sites excluding steroid dienone is 2. The zero-order valence-electron chi connectivity index (χ0n) is 22.4. The summed E-state index contributed by atoms with van der Waals surface area (Å²) in [6.07, 6.45) is -9.33. The monoisotopic (exact) mass is 585 g/mol. The first-order chi connectivity index (χ1) is 19.1. The molecule has 6 atom stereocenters. The smallest absolute Gasteiger partial charge is 0.373 e. The van der Waals surface area contributed by atoms with E-state index in [9.17, 15) is 40.6 Å². The van der Waals surface area contributed by atoms with Gasteiger partial charge in [0.1, 0.15) is 12.0 Å². The summed E-state index contributed by atoms with van der Waals surface area (Å²) in [4.78, 5) is 13.7. The fourth-order valence-electron chi connectivity index (χ4n) is 6.72. The molecule has 0 radical (unpaired) electrons. The molecule has 1 unspecified atom stereocenters. The molecule has 2 aliphatic carbocycles. The Morgan fingerprint density at radius 3 is 2.17 bits per heavy atom. The number of hydrogen-bond donors (Lipinski definition) is 1. The fourth-order valence-corrected chi connectivity index (χ4v) is 6.72. The minimum atomic E-state index is -4.98. The normalized spacial score (nSPS) is 27.7. The van der Waals surface area contributed by atoms with Crippen LogP contribution in [0.2, 0.25) is 0 Å². The molecule has 1 aliphatic heterocycles. The van der Waals surface area contributed by atoms with Gasteiger partial charge in [0.25, 0.3) is 0 Å². The predicted octanol–water partition coefficient (Wildman–Crippen LogP) is 7.31. The number of carbonyl (C=O) groups is 1. The quantitative estimate of drug-likeness (QED) is 0.374. The van der Waals surface area contributed by atoms with Crippen LogP contribution in [0, 0.1) is 24.6 Å². The number of aliphatic hydroxyl groups excluding tert-OH is 1. The van der Waals surface area contributed by atoms with Gasteiger partial charge in [-0.15, -0.1) is 0 Å². The Labute approximate surface area is 232 Å². The summed E-state index contributed by atoms with van der Waals surface area (Å²) in [5.74, 6) is -1.34. The molecule has 41 heavy (non-hydrogen) atoms. The lowest BCUT2D eigenvalue weighted by Crippen LogP contribution is -2.40. The highest BCUT2D eigenvalue weighted by molar-refractivity contribution is 5.92. The molecule has 2 aromatic carbocycles. The number of benzene rings is 2. The molecule has 11 heteroatoms. The SMILES string of the molecule is Cc1cc(F)ccc1[C@H]1[C@@H]2CN(C3=CC(=O)CC3)C(O)[C@H]2CC[C@@H]1O[C@H](C)c1cc(C(F)(F)F)cc(C(F)(F)F)c1. The Bertz CT molecular complexity index is 1320. The molecule has 1 saturated heterocycles. The van der Waals surface area contributed by atoms with E-state index in [-0.39, 0.29) is 29.2 Å². The summed E-state index contributed by atoms with van der Waals surface area (Å²) in [7, 11) is 0. The standard InChI is InChI=1S/C30H30F7NO3/c1-15-9-20(31)3-6-23(15)27-25-14-38(21-4-5-22(39)13-21)28(40)24(25)7-8-26(27)41-16(2)17-10-18(29(32,33)34)12-19(11-17)30(35,36)37/h3,6,9-13,16,24-28,40H,4-5,7-8,14H2,1-2H3/t16-,24+,25-,26+,27+,28?/m1/s1. The summed E-state index contributed by atoms with van der Waals surface area (Å²) in [6.45, 7) is 3.52. The van der Waals surface area contributed by atoms with Crippen molar-refractivity contribution < 1.29 is 45.4 Å². The van der Waals surface area contributed by atoms with Crippen LogP contribution in [-0.2, 0) is 21.9 Å². The van der Waals surface area contributed by atoms with Crippen molar-refractivity contribution >= 4 is 5.78 Å². The van der Waals surface area contributed by atoms with Crippen molar-refractivity contribution in [3.63, 3.8) is 0 Å². The van der Waals surface area contributed by atoms with Crippen molar-refractivity contribution in [3.8, 4) is 0 Å². The molecular weight excluding hydrogens is 555 g/mol. The highest BCUT2D eigenvalue weighted by atomic mass is 19.4. The van der Waals surface area contributed by atoms with E-state index < -0.39 is 53.7 Å². The van der Waals surface area contributed by atoms with Crippen molar-refractivity contribution in [2.45, 2.75) is 76.2 Å². The van der Waals surface area contributed by atoms with Crippen molar-refractivity contribution in [1.82, 2.24) is 4.90 Å². The van der Waals surface area contributed by atoms with E-state index in [0.29, 0.717) is 49.9 Å². The number of aryl methyl sites for hydroxylation is 1. The second-order valence-corrected chi connectivity index (χ2v) is 11.3. The van der Waals surface area contributed by atoms with Gasteiger partial charge in [0.2, 0.25) is 0 Å². The summed E-state index contributed by atoms with van der Waals surface area (Å²) in [5, 5.41) is 11.2. The van der Waals surface area contributed by atoms with Crippen LogP contribution in [-0.4, -0.2) is 34.7 Å². The Morgan fingerprint density at radius 2 is 1.61 bits per heavy atom. The summed E-state index contributed by atoms with van der Waals surface area (Å²) >= 11 is 0. The van der Waals surface area contributed by atoms with Crippen molar-refractivity contribution in [2.24, 2.45) is 11.8 Å². The fraction of sp³-hybridized carbons (Fsp3) is 0.500. The Hall–Kier alpha value is -2.92. The van der Waals surface area contributed by atoms with Gasteiger partial charge in [-0.05, 0) is 86.1 Å². The number of nitrogens with zero attached hydrogens (tertiary/aromatic N) is 1. The number of aliphatic hydroxyl groups is 1. The number of hydrogen-bond acceptors (Lipinski definition) is 4. The number of carbonyl (C=O) groups excluding carboxylic acids is 1. The maximum Gasteiger partial charge on any atom is 0.416 e. The third-order valence-corrected chi connectivity index (χ3v) is 8.68. The first kappa shape index (κ1) is 29.6. The average Bonchev–Trinajstić information content (AvgIpc) is 3.46. The number of ether oxygens (including phenoxy) is 1. The van der Waals surface area contributed by atoms with Gasteiger partial charge in [-0.3, -0.25) is 4.79 Å². The molecule has 0 amide bonds. The molecule has 0 aromatic heterocycles. The topological polar surface area (TPSA) is 49.8 Å². The van der Waals surface area contributed by atoms with E-state index in [2.05, 4.69) is 0 Å². The van der Waals surface area contributed by atoms with Crippen LogP contribution in [0.3, 0.4) is 0 Å². The molecule has 2 aromatic rings. The molecule has 1 N–H and O–H groups in total. The minimum Gasteiger partial charge on any atom is -0.373 e. The van der Waals surface area contributed by atoms with Gasteiger partial charge in [0.15, 0.2) is 5.78 Å². The second kappa shape index (κ2) is 10.7. The number of alkyl halides is 6. The molecular formula is C30H30F7NO3. The number of rotatable bonds is 5. The predicted molar refractivity (Wildman–Crippen MR) is 135 cm³/mol. The van der Waals surface area contributed by atoms with Crippen LogP contribution in [0.25, 0.3) is 0 Å². The molecule has 0 bridgehead atoms. The first-order valence-electron chi connectivity index (χ1n) is 13.5. The molecule has 2 fully saturated rings. The molecule has 1 heterocycles. The molecule has 222 valence electrons. The van der Waals surface area contributed by atoms with Gasteiger partial charge in [0.05, 0.1) is 23.3 Å². The van der Waals surface area contributed by atoms with Crippen LogP contribution in [0.15, 0.2) is 48.2 Å². The molecule has 0 spiro atoms. The van der Waals surface area contributed by atoms with E-state index in [1.54, 1.807) is 17.9 Å². The van der Waals surface area contributed by atoms with Crippen molar-refractivity contribution in [3.05, 3.63) is 81.8 Å². The van der Waals surface area contributed by atoms with Crippen LogP contribution < -0.4 is 0 Å². The van der Waals surface area contributed by atoms with E-state index in [4.69, 9.17) is 4.74 Å². The summed E-state index contributed by atoms with van der Waals surface area (Å²) < 4.78 is 101. The number of ketones is 1. The second-order valence-electron chi connectivity index (χ2n) is 11.3. The van der Waals surface area contributed by atoms with Crippen molar-refractivity contribution in [1.29, 1.82) is 0 Å². The molecule has 4 nitrogen and oxygen atoms in total. The lowest BCUT2D eigenvalue weighted by Gasteiger charge is -2.41. The summed E-state index contributed by atoms with van der Waals surface area (Å²) in [5.41, 5.74) is -0.988. The van der Waals surface area contributed by atoms with E-state index in [0.717, 1.165) is 11.3 Å². The van der Waals surface area contributed by atoms with Gasteiger partial charge >= 0.3 is 12.4 Å². The Morgan fingerprint density at radius 1 is 0.951 bits per heavy atom. The van der Waals surface area contributed by atoms with Crippen LogP contribution in [0.1, 0.15) is 72.4 Å². The molecule has 5 rings (SSSR count). The zero-order valence-corrected chi connectivity index (χ0v) is 22.4. The van der Waals surface area contributed by atoms with Crippen LogP contribution in [0.5, 0.6) is 0 Å².